The molecular formula is C28H22ClNO9. The Kier molecular flexibility index (Phi) is 7.03. The summed E-state index contributed by atoms with van der Waals surface area (Å²) in [6.07, 6.45) is -0.140. The fourth-order valence-electron chi connectivity index (χ4n) is 4.55. The van der Waals surface area contributed by atoms with E-state index >= 15 is 0 Å². The van der Waals surface area contributed by atoms with E-state index in [1.54, 1.807) is 48.5 Å². The Morgan fingerprint density at radius 1 is 1.03 bits per heavy atom. The van der Waals surface area contributed by atoms with Gasteiger partial charge in [0.2, 0.25) is 6.79 Å². The molecule has 0 bridgehead atoms. The van der Waals surface area contributed by atoms with Gasteiger partial charge in [-0.25, -0.2) is 9.59 Å². The molecule has 0 spiro atoms. The number of hydrogen-bond acceptors (Lipinski definition) is 7. The normalized spacial score (nSPS) is 11.9. The Morgan fingerprint density at radius 2 is 1.77 bits per heavy atom. The maximum Gasteiger partial charge on any atom is 0.352 e. The van der Waals surface area contributed by atoms with E-state index in [0.29, 0.717) is 44.3 Å². The van der Waals surface area contributed by atoms with E-state index in [9.17, 15) is 19.5 Å². The molecule has 39 heavy (non-hydrogen) atoms. The van der Waals surface area contributed by atoms with Crippen LogP contribution in [-0.2, 0) is 17.8 Å². The second-order valence-electron chi connectivity index (χ2n) is 8.69. The number of aromatic nitrogens is 1. The third-order valence-electron chi connectivity index (χ3n) is 6.33. The van der Waals surface area contributed by atoms with Crippen LogP contribution < -0.4 is 24.4 Å². The van der Waals surface area contributed by atoms with Crippen LogP contribution in [0.1, 0.15) is 27.2 Å². The quantitative estimate of drug-likeness (QED) is 0.314. The van der Waals surface area contributed by atoms with Crippen LogP contribution in [0.25, 0.3) is 10.9 Å². The number of methoxy groups -OCH3 is 1. The second kappa shape index (κ2) is 10.6. The van der Waals surface area contributed by atoms with E-state index in [1.165, 1.54) is 17.7 Å². The average molecular weight is 552 g/mol. The predicted molar refractivity (Wildman–Crippen MR) is 141 cm³/mol. The predicted octanol–water partition coefficient (Wildman–Crippen LogP) is 4.19. The van der Waals surface area contributed by atoms with E-state index in [4.69, 9.17) is 35.7 Å². The van der Waals surface area contributed by atoms with Crippen molar-refractivity contribution in [3.8, 4) is 23.0 Å². The summed E-state index contributed by atoms with van der Waals surface area (Å²) in [5.74, 6) is -0.969. The van der Waals surface area contributed by atoms with Gasteiger partial charge in [0, 0.05) is 34.5 Å². The number of carboxylic acids is 2. The van der Waals surface area contributed by atoms with Crippen LogP contribution in [0.3, 0.4) is 0 Å². The minimum absolute atomic E-state index is 0.00316. The van der Waals surface area contributed by atoms with Crippen molar-refractivity contribution in [1.82, 2.24) is 4.57 Å². The van der Waals surface area contributed by atoms with Gasteiger partial charge in [0.15, 0.2) is 23.5 Å². The van der Waals surface area contributed by atoms with Crippen LogP contribution in [-0.4, -0.2) is 47.2 Å². The van der Waals surface area contributed by atoms with Gasteiger partial charge in [0.25, 0.3) is 0 Å². The van der Waals surface area contributed by atoms with Crippen molar-refractivity contribution in [1.29, 1.82) is 0 Å². The lowest BCUT2D eigenvalue weighted by Crippen LogP contribution is -2.25. The number of carbonyl (C=O) groups is 2. The molecule has 3 aromatic carbocycles. The molecular weight excluding hydrogens is 530 g/mol. The zero-order valence-electron chi connectivity index (χ0n) is 20.6. The van der Waals surface area contributed by atoms with E-state index in [2.05, 4.69) is 0 Å². The third kappa shape index (κ3) is 5.06. The molecule has 1 aromatic heterocycles. The van der Waals surface area contributed by atoms with Crippen LogP contribution in [0.5, 0.6) is 23.0 Å². The topological polar surface area (TPSA) is 134 Å². The zero-order valence-corrected chi connectivity index (χ0v) is 21.4. The molecule has 4 aromatic rings. The van der Waals surface area contributed by atoms with Crippen LogP contribution in [0, 0.1) is 0 Å². The van der Waals surface area contributed by atoms with Gasteiger partial charge in [-0.2, -0.15) is 0 Å². The summed E-state index contributed by atoms with van der Waals surface area (Å²) in [4.78, 5) is 37.6. The molecule has 10 nitrogen and oxygen atoms in total. The maximum atomic E-state index is 13.7. The monoisotopic (exact) mass is 551 g/mol. The number of rotatable bonds is 9. The summed E-state index contributed by atoms with van der Waals surface area (Å²) >= 11 is 6.52. The molecule has 0 unspecified atom stereocenters. The first-order valence-corrected chi connectivity index (χ1v) is 12.1. The lowest BCUT2D eigenvalue weighted by Gasteiger charge is -2.20. The zero-order chi connectivity index (χ0) is 27.7. The molecule has 11 heteroatoms. The Bertz CT molecular complexity index is 1680. The van der Waals surface area contributed by atoms with Gasteiger partial charge in [-0.05, 0) is 35.4 Å². The number of hydrogen-bond donors (Lipinski definition) is 2. The minimum Gasteiger partial charge on any atom is -0.497 e. The smallest absolute Gasteiger partial charge is 0.352 e. The van der Waals surface area contributed by atoms with Crippen LogP contribution in [0.4, 0.5) is 0 Å². The molecule has 0 aliphatic carbocycles. The fraction of sp³-hybridized carbons (Fsp3) is 0.179. The molecule has 2 N–H and O–H groups in total. The van der Waals surface area contributed by atoms with Gasteiger partial charge in [-0.1, -0.05) is 29.8 Å². The van der Waals surface area contributed by atoms with Gasteiger partial charge < -0.3 is 33.7 Å². The number of benzene rings is 3. The van der Waals surface area contributed by atoms with Gasteiger partial charge in [-0.3, -0.25) is 4.79 Å². The highest BCUT2D eigenvalue weighted by atomic mass is 35.5. The highest BCUT2D eigenvalue weighted by Gasteiger charge is 2.25. The molecule has 0 atom stereocenters. The van der Waals surface area contributed by atoms with E-state index in [-0.39, 0.29) is 36.8 Å². The minimum atomic E-state index is -1.31. The third-order valence-corrected chi connectivity index (χ3v) is 6.69. The van der Waals surface area contributed by atoms with Crippen LogP contribution in [0.15, 0.2) is 59.4 Å². The van der Waals surface area contributed by atoms with Gasteiger partial charge in [-0.15, -0.1) is 0 Å². The van der Waals surface area contributed by atoms with Gasteiger partial charge >= 0.3 is 11.9 Å². The molecule has 0 fully saturated rings. The average Bonchev–Trinajstić information content (AvgIpc) is 3.37. The van der Waals surface area contributed by atoms with E-state index < -0.39 is 24.0 Å². The summed E-state index contributed by atoms with van der Waals surface area (Å²) in [6.45, 7) is -0.554. The number of fused-ring (bicyclic) bond motifs is 2. The number of halogens is 1. The van der Waals surface area contributed by atoms with E-state index in [0.717, 1.165) is 0 Å². The lowest BCUT2D eigenvalue weighted by molar-refractivity contribution is -0.139. The number of para-hydroxylation sites is 1. The summed E-state index contributed by atoms with van der Waals surface area (Å²) in [5, 5.41) is 20.1. The number of pyridine rings is 1. The highest BCUT2D eigenvalue weighted by molar-refractivity contribution is 6.31. The molecule has 1 aliphatic rings. The van der Waals surface area contributed by atoms with Gasteiger partial charge in [0.1, 0.15) is 17.2 Å². The van der Waals surface area contributed by atoms with Crippen molar-refractivity contribution in [2.75, 3.05) is 20.5 Å². The maximum absolute atomic E-state index is 13.7. The Morgan fingerprint density at radius 3 is 2.49 bits per heavy atom. The Labute approximate surface area is 226 Å². The molecule has 2 heterocycles. The fourth-order valence-corrected chi connectivity index (χ4v) is 4.76. The summed E-state index contributed by atoms with van der Waals surface area (Å²) in [7, 11) is 1.45. The van der Waals surface area contributed by atoms with Crippen molar-refractivity contribution < 1.29 is 38.7 Å². The summed E-state index contributed by atoms with van der Waals surface area (Å²) in [6, 6.07) is 14.7. The standard InChI is InChI=1S/C28H22ClNO9/c1-36-17-7-6-15(22(10-17)37-13-25(31)32)8-19-26(28(34)35)30(21-5-3-2-4-18(21)27(19)33)12-16-9-23-24(11-20(16)29)39-14-38-23/h2-7,9-11H,8,12-14H2,1H3,(H,31,32)(H,34,35). The first-order chi connectivity index (χ1) is 18.8. The molecule has 0 saturated heterocycles. The first kappa shape index (κ1) is 25.9. The van der Waals surface area contributed by atoms with Crippen molar-refractivity contribution in [3.05, 3.63) is 92.2 Å². The van der Waals surface area contributed by atoms with Crippen LogP contribution in [0.2, 0.25) is 5.02 Å². The molecule has 1 aliphatic heterocycles. The van der Waals surface area contributed by atoms with E-state index in [1.807, 2.05) is 0 Å². The number of aliphatic carboxylic acids is 1. The van der Waals surface area contributed by atoms with Gasteiger partial charge in [0.05, 0.1) is 19.2 Å². The van der Waals surface area contributed by atoms with Crippen molar-refractivity contribution in [3.63, 3.8) is 0 Å². The first-order valence-electron chi connectivity index (χ1n) is 11.7. The molecule has 0 amide bonds. The number of aromatic carboxylic acids is 1. The molecule has 0 radical (unpaired) electrons. The Hall–Kier alpha value is -4.70. The number of ether oxygens (including phenoxy) is 4. The SMILES string of the molecule is COc1ccc(Cc2c(C(=O)O)n(Cc3cc4c(cc3Cl)OCO4)c3ccccc3c2=O)c(OCC(=O)O)c1. The lowest BCUT2D eigenvalue weighted by atomic mass is 9.98. The Balaban J connectivity index is 1.69. The highest BCUT2D eigenvalue weighted by Crippen LogP contribution is 2.37. The summed E-state index contributed by atoms with van der Waals surface area (Å²) in [5.41, 5.74) is 0.707. The van der Waals surface area contributed by atoms with Crippen molar-refractivity contribution >= 4 is 34.4 Å². The van der Waals surface area contributed by atoms with Crippen molar-refractivity contribution in [2.45, 2.75) is 13.0 Å². The number of carboxylic acid groups (broad SMARTS) is 2. The molecule has 200 valence electrons. The van der Waals surface area contributed by atoms with Crippen molar-refractivity contribution in [2.24, 2.45) is 0 Å². The second-order valence-corrected chi connectivity index (χ2v) is 9.10. The van der Waals surface area contributed by atoms with Crippen LogP contribution >= 0.6 is 11.6 Å². The molecule has 5 rings (SSSR count). The molecule has 0 saturated carbocycles. The number of nitrogens with zero attached hydrogens (tertiary/aromatic N) is 1. The summed E-state index contributed by atoms with van der Waals surface area (Å²) < 4.78 is 23.0. The largest absolute Gasteiger partial charge is 0.497 e.